The predicted octanol–water partition coefficient (Wildman–Crippen LogP) is 12.2. The van der Waals surface area contributed by atoms with Crippen LogP contribution in [0.5, 0.6) is 0 Å². The van der Waals surface area contributed by atoms with Gasteiger partial charge in [0, 0.05) is 50.7 Å². The maximum Gasteiger partial charge on any atom is 0.244 e. The first-order valence-electron chi connectivity index (χ1n) is 55.8. The number of rotatable bonds is 67. The summed E-state index contributed by atoms with van der Waals surface area (Å²) in [5.74, 6) is 1.95. The number of aliphatic hydroxyl groups excluding tert-OH is 2. The Bertz CT molecular complexity index is 5710. The van der Waals surface area contributed by atoms with Gasteiger partial charge >= 0.3 is 0 Å². The lowest BCUT2D eigenvalue weighted by Crippen LogP contribution is -2.32. The molecule has 12 aromatic heterocycles. The molecule has 0 aliphatic carbocycles. The zero-order valence-electron chi connectivity index (χ0n) is 92.7. The third kappa shape index (κ3) is 48.2. The van der Waals surface area contributed by atoms with Gasteiger partial charge in [-0.3, -0.25) is 9.59 Å². The molecule has 0 saturated carbocycles. The second-order valence-corrected chi connectivity index (χ2v) is 42.4. The minimum Gasteiger partial charge on any atom is -0.396 e. The highest BCUT2D eigenvalue weighted by Gasteiger charge is 2.19. The molecular weight excluding hydrogens is 1920 g/mol. The number of ether oxygens (including phenoxy) is 2. The van der Waals surface area contributed by atoms with Crippen molar-refractivity contribution >= 4 is 55.5 Å². The highest BCUT2D eigenvalue weighted by Crippen LogP contribution is 2.20. The van der Waals surface area contributed by atoms with Gasteiger partial charge in [0.25, 0.3) is 0 Å². The van der Waals surface area contributed by atoms with Gasteiger partial charge in [0.05, 0.1) is 160 Å². The van der Waals surface area contributed by atoms with Gasteiger partial charge in [-0.05, 0) is 177 Å². The fourth-order valence-corrected chi connectivity index (χ4v) is 19.8. The van der Waals surface area contributed by atoms with Gasteiger partial charge in [-0.2, -0.15) is 0 Å². The number of hydrogen-bond acceptors (Lipinski definition) is 8. The van der Waals surface area contributed by atoms with Gasteiger partial charge in [-0.15, -0.1) is 0 Å². The summed E-state index contributed by atoms with van der Waals surface area (Å²) in [6.07, 6.45) is 97.4. The molecule has 0 bridgehead atoms. The molecule has 3 aromatic carbocycles. The number of aromatic nitrogens is 24. The fraction of sp³-hybridized carbons (Fsp3) is 0.552. The van der Waals surface area contributed by atoms with Crippen molar-refractivity contribution in [3.8, 4) is 0 Å². The Morgan fingerprint density at radius 1 is 0.287 bits per heavy atom. The molecule has 0 radical (unpaired) electrons. The number of aliphatic hydroxyl groups is 2. The van der Waals surface area contributed by atoms with Crippen LogP contribution in [0.1, 0.15) is 206 Å². The number of nitrogens with zero attached hydrogens (tertiary/aromatic N) is 24. The number of para-hydroxylation sites is 4. The summed E-state index contributed by atoms with van der Waals surface area (Å²) in [7, 11) is 15.7. The van der Waals surface area contributed by atoms with E-state index < -0.39 is 0 Å². The molecule has 4 N–H and O–H groups in total. The Morgan fingerprint density at radius 3 is 0.893 bits per heavy atom. The van der Waals surface area contributed by atoms with E-state index in [1.54, 1.807) is 21.6 Å². The van der Waals surface area contributed by atoms with E-state index in [4.69, 9.17) is 19.7 Å². The van der Waals surface area contributed by atoms with E-state index in [0.717, 1.165) is 168 Å². The average molecular weight is 2110 g/mol. The molecular formula is C116H186N26O6S2+12. The molecule has 15 aromatic rings. The lowest BCUT2D eigenvalue weighted by atomic mass is 10.1. The van der Waals surface area contributed by atoms with Crippen molar-refractivity contribution in [2.24, 2.45) is 42.3 Å². The number of fused-ring (bicyclic) bond motifs is 2. The Kier molecular flexibility index (Phi) is 57.5. The summed E-state index contributed by atoms with van der Waals surface area (Å²) in [6, 6.07) is 26.0. The fourth-order valence-electron chi connectivity index (χ4n) is 18.0. The number of aryl methyl sites for hydroxylation is 20. The van der Waals surface area contributed by atoms with Crippen molar-refractivity contribution < 1.29 is 84.1 Å². The normalized spacial score (nSPS) is 11.2. The van der Waals surface area contributed by atoms with Crippen molar-refractivity contribution in [1.29, 1.82) is 0 Å². The molecule has 816 valence electrons. The van der Waals surface area contributed by atoms with Crippen LogP contribution in [0, 0.1) is 0 Å². The molecule has 0 unspecified atom stereocenters. The average Bonchev–Trinajstić information content (AvgIpc) is 1.66. The molecule has 150 heavy (non-hydrogen) atoms. The molecule has 0 saturated heterocycles. The van der Waals surface area contributed by atoms with Crippen molar-refractivity contribution in [1.82, 2.24) is 65.4 Å². The first-order chi connectivity index (χ1) is 73.4. The predicted molar refractivity (Wildman–Crippen MR) is 591 cm³/mol. The number of imidazole rings is 12. The lowest BCUT2D eigenvalue weighted by molar-refractivity contribution is -0.697. The molecule has 34 heteroatoms. The molecule has 0 spiro atoms. The SMILES string of the molecule is CCCCC[n+]1ccn(CCCCCCn2cc[n+](CCCCC)c2)c1.CCC[n+]1ccn(CCCCCCn2cc[n+](CCC)c2)c1.C[n+]1ccn(CCCC(=O)NCCSSCCNC(=O)CCCn2cc[n+](C)c2)c1.C[n+]1ccn(CCOCCOCCn2cc[n+](C)c2)c1.C[n+]1cn(CCCCn2c[n+](C)c3ccccc32)c2ccccc21.OCCCCn1cc[n+](Cc2ccc(C[n+]3ccn(CCCCO)c3)cc2)c1. The second kappa shape index (κ2) is 71.8. The maximum absolute atomic E-state index is 11.8. The van der Waals surface area contributed by atoms with E-state index in [1.807, 2.05) is 121 Å². The molecule has 15 rings (SSSR count). The number of unbranched alkanes of at least 4 members (excludes halogenated alkanes) is 13. The number of carbonyl (C=O) groups is 2. The Hall–Kier alpha value is -11.8. The molecule has 32 nitrogen and oxygen atoms in total. The topological polar surface area (TPSA) is 223 Å². The van der Waals surface area contributed by atoms with E-state index in [0.29, 0.717) is 52.4 Å². The first-order valence-corrected chi connectivity index (χ1v) is 58.3. The number of carbonyl (C=O) groups excluding carboxylic acids is 2. The van der Waals surface area contributed by atoms with Crippen LogP contribution in [-0.4, -0.2) is 141 Å². The van der Waals surface area contributed by atoms with Crippen LogP contribution >= 0.6 is 21.6 Å². The molecule has 2 amide bonds. The van der Waals surface area contributed by atoms with Crippen LogP contribution in [-0.2, 0) is 179 Å². The third-order valence-corrected chi connectivity index (χ3v) is 28.7. The van der Waals surface area contributed by atoms with Gasteiger partial charge in [0.15, 0.2) is 22.1 Å². The van der Waals surface area contributed by atoms with Crippen LogP contribution in [0.4, 0.5) is 0 Å². The number of hydrogen-bond donors (Lipinski definition) is 4. The van der Waals surface area contributed by atoms with Crippen molar-refractivity contribution in [3.05, 3.63) is 284 Å². The lowest BCUT2D eigenvalue weighted by Gasteiger charge is -2.06. The Balaban J connectivity index is 0.000000185. The van der Waals surface area contributed by atoms with Crippen molar-refractivity contribution in [2.45, 2.75) is 312 Å². The van der Waals surface area contributed by atoms with Gasteiger partial charge in [-0.25, -0.2) is 110 Å². The standard InChI is InChI=1S/C22H32N4O2.C22H40N4.C20H32N6O2S2.C20H24N4.C18H32N4.C14H24N4O2/c27-15-3-1-9-23-11-13-25(19-23)17-21-5-7-22(8-6-21)18-26-14-12-24(20-26)10-2-4-16-28;1-3-5-9-13-23-17-19-25(21-23)15-11-7-8-12-16-26-20-18-24(22-26)14-10-6-4-2;1-23-11-13-25(17-23)9-3-5-19(27)21-7-15-29-30-16-8-22-20(28)6-4-10-26-14-12-24(2)18-26;1-21-15-23(19-11-5-3-9-17(19)21)13-7-8-14-24-16-22(2)18-10-4-6-12-20(18)24;1-3-9-19-13-15-21(17-19)11-7-5-6-8-12-22-16-14-20(18-22)10-4-2;1-15-3-5-17(13-15)7-9-19-11-12-20-10-8-18-6-4-16(2)14-18/h5-8,11-14,19-20,27-28H,1-4,9-10,15-18H2;17-22H,3-16H2,1-2H3;11-14,17-18H,3-10,15-16H2,1-2H3;3-6,9-12,15-16H,7-8,13-14H2,1-2H3;13-18H,3-12H2,1-2H3;3-6,13-14H,7-12H2,1-2H3/q2*+2;;3*+2/p+2. The monoisotopic (exact) mass is 2100 g/mol. The molecule has 0 aliphatic rings. The van der Waals surface area contributed by atoms with Crippen LogP contribution < -0.4 is 65.4 Å². The Morgan fingerprint density at radius 2 is 0.573 bits per heavy atom. The molecule has 0 aliphatic heterocycles. The van der Waals surface area contributed by atoms with E-state index in [1.165, 1.54) is 149 Å². The molecule has 0 fully saturated rings. The second-order valence-electron chi connectivity index (χ2n) is 39.7. The molecule has 0 atom stereocenters. The maximum atomic E-state index is 11.8. The van der Waals surface area contributed by atoms with Crippen LogP contribution in [0.15, 0.2) is 273 Å². The summed E-state index contributed by atoms with van der Waals surface area (Å²) in [5, 5.41) is 23.7. The summed E-state index contributed by atoms with van der Waals surface area (Å²) in [4.78, 5) is 23.7. The number of nitrogens with one attached hydrogen (secondary N) is 2. The smallest absolute Gasteiger partial charge is 0.244 e. The minimum absolute atomic E-state index is 0.109. The van der Waals surface area contributed by atoms with Gasteiger partial charge in [0.1, 0.15) is 150 Å². The quantitative estimate of drug-likeness (QED) is 0.0163. The van der Waals surface area contributed by atoms with Crippen LogP contribution in [0.2, 0.25) is 0 Å². The van der Waals surface area contributed by atoms with E-state index in [9.17, 15) is 9.59 Å². The zero-order valence-corrected chi connectivity index (χ0v) is 94.3. The highest BCUT2D eigenvalue weighted by atomic mass is 33.1. The van der Waals surface area contributed by atoms with Gasteiger partial charge in [-0.1, -0.05) is 111 Å². The summed E-state index contributed by atoms with van der Waals surface area (Å²) < 4.78 is 63.9. The van der Waals surface area contributed by atoms with E-state index in [2.05, 4.69) is 342 Å². The first kappa shape index (κ1) is 120. The van der Waals surface area contributed by atoms with Crippen LogP contribution in [0.25, 0.3) is 22.1 Å². The summed E-state index contributed by atoms with van der Waals surface area (Å²) in [5.41, 5.74) is 7.79. The van der Waals surface area contributed by atoms with E-state index >= 15 is 0 Å². The summed E-state index contributed by atoms with van der Waals surface area (Å²) in [6.45, 7) is 32.0. The minimum atomic E-state index is 0.109. The Labute approximate surface area is 902 Å². The van der Waals surface area contributed by atoms with E-state index in [-0.39, 0.29) is 25.0 Å². The summed E-state index contributed by atoms with van der Waals surface area (Å²) >= 11 is 0. The van der Waals surface area contributed by atoms with Gasteiger partial charge < -0.3 is 30.3 Å². The molecule has 12 heterocycles. The van der Waals surface area contributed by atoms with Crippen molar-refractivity contribution in [3.63, 3.8) is 0 Å². The largest absolute Gasteiger partial charge is 0.396 e. The number of benzene rings is 3. The van der Waals surface area contributed by atoms with Gasteiger partial charge in [0.2, 0.25) is 87.7 Å². The highest BCUT2D eigenvalue weighted by molar-refractivity contribution is 8.76. The van der Waals surface area contributed by atoms with Crippen molar-refractivity contribution in [2.75, 3.05) is 64.2 Å². The third-order valence-electron chi connectivity index (χ3n) is 26.3. The number of amides is 2. The zero-order chi connectivity index (χ0) is 106. The van der Waals surface area contributed by atoms with Crippen LogP contribution in [0.3, 0.4) is 0 Å².